The highest BCUT2D eigenvalue weighted by molar-refractivity contribution is 5.79. The second-order valence-electron chi connectivity index (χ2n) is 5.41. The van der Waals surface area contributed by atoms with Crippen molar-refractivity contribution in [2.45, 2.75) is 5.72 Å². The number of ether oxygens (including phenoxy) is 1. The minimum absolute atomic E-state index is 0.258. The number of para-hydroxylation sites is 1. The van der Waals surface area contributed by atoms with Gasteiger partial charge in [-0.1, -0.05) is 84.0 Å². The molecule has 0 aromatic heterocycles. The van der Waals surface area contributed by atoms with Crippen molar-refractivity contribution in [1.29, 1.82) is 0 Å². The van der Waals surface area contributed by atoms with Gasteiger partial charge in [-0.25, -0.2) is 0 Å². The summed E-state index contributed by atoms with van der Waals surface area (Å²) < 4.78 is 6.14. The molecule has 0 aliphatic carbocycles. The number of azo groups is 1. The maximum atomic E-state index is 6.14. The SMILES string of the molecule is c1ccc(N=C2N=NC(c3ccccc3)(c3ccccc3)O2)cc1. The predicted octanol–water partition coefficient (Wildman–Crippen LogP) is 5.06. The molecule has 4 rings (SSSR count). The molecule has 0 N–H and O–H groups in total. The van der Waals surface area contributed by atoms with Gasteiger partial charge in [0.2, 0.25) is 0 Å². The van der Waals surface area contributed by atoms with Crippen LogP contribution in [0.2, 0.25) is 0 Å². The zero-order valence-electron chi connectivity index (χ0n) is 12.9. The monoisotopic (exact) mass is 313 g/mol. The van der Waals surface area contributed by atoms with Gasteiger partial charge in [-0.05, 0) is 12.1 Å². The van der Waals surface area contributed by atoms with Crippen molar-refractivity contribution in [3.63, 3.8) is 0 Å². The largest absolute Gasteiger partial charge is 0.423 e. The highest BCUT2D eigenvalue weighted by Gasteiger charge is 2.42. The van der Waals surface area contributed by atoms with Crippen LogP contribution in [0, 0.1) is 0 Å². The predicted molar refractivity (Wildman–Crippen MR) is 93.1 cm³/mol. The molecule has 0 spiro atoms. The molecule has 0 unspecified atom stereocenters. The second-order valence-corrected chi connectivity index (χ2v) is 5.41. The quantitative estimate of drug-likeness (QED) is 0.666. The maximum Gasteiger partial charge on any atom is 0.338 e. The third-order valence-electron chi connectivity index (χ3n) is 3.83. The summed E-state index contributed by atoms with van der Waals surface area (Å²) in [6.07, 6.45) is 0. The number of benzene rings is 3. The van der Waals surface area contributed by atoms with Crippen molar-refractivity contribution in [2.24, 2.45) is 15.2 Å². The molecule has 116 valence electrons. The summed E-state index contributed by atoms with van der Waals surface area (Å²) in [4.78, 5) is 4.44. The summed E-state index contributed by atoms with van der Waals surface area (Å²) in [5.74, 6) is 0. The van der Waals surface area contributed by atoms with E-state index in [4.69, 9.17) is 4.74 Å². The molecule has 3 aromatic carbocycles. The Morgan fingerprint density at radius 1 is 0.667 bits per heavy atom. The van der Waals surface area contributed by atoms with Gasteiger partial charge in [0.15, 0.2) is 0 Å². The van der Waals surface area contributed by atoms with Crippen LogP contribution in [0.25, 0.3) is 0 Å². The molecule has 0 radical (unpaired) electrons. The van der Waals surface area contributed by atoms with Gasteiger partial charge in [0.1, 0.15) is 0 Å². The molecule has 1 aliphatic rings. The highest BCUT2D eigenvalue weighted by Crippen LogP contribution is 2.39. The molecule has 0 amide bonds. The van der Waals surface area contributed by atoms with Gasteiger partial charge in [-0.3, -0.25) is 0 Å². The zero-order valence-corrected chi connectivity index (χ0v) is 12.9. The maximum absolute atomic E-state index is 6.14. The molecule has 4 nitrogen and oxygen atoms in total. The zero-order chi connectivity index (χ0) is 16.2. The molecule has 0 atom stereocenters. The number of hydrogen-bond donors (Lipinski definition) is 0. The average Bonchev–Trinajstić information content (AvgIpc) is 3.09. The summed E-state index contributed by atoms with van der Waals surface area (Å²) in [6.45, 7) is 0. The molecule has 0 saturated carbocycles. The fourth-order valence-corrected chi connectivity index (χ4v) is 2.67. The Balaban J connectivity index is 1.78. The summed E-state index contributed by atoms with van der Waals surface area (Å²) in [5.41, 5.74) is 1.62. The third kappa shape index (κ3) is 2.58. The molecule has 0 saturated heterocycles. The van der Waals surface area contributed by atoms with Gasteiger partial charge >= 0.3 is 6.02 Å². The van der Waals surface area contributed by atoms with E-state index in [9.17, 15) is 0 Å². The summed E-state index contributed by atoms with van der Waals surface area (Å²) in [5, 5.41) is 8.65. The number of aliphatic imine (C=N–C) groups is 1. The second kappa shape index (κ2) is 6.08. The van der Waals surface area contributed by atoms with Crippen molar-refractivity contribution >= 4 is 11.7 Å². The van der Waals surface area contributed by atoms with Crippen LogP contribution in [0.3, 0.4) is 0 Å². The van der Waals surface area contributed by atoms with Crippen LogP contribution in [0.15, 0.2) is 106 Å². The van der Waals surface area contributed by atoms with Crippen molar-refractivity contribution < 1.29 is 4.74 Å². The molecule has 4 heteroatoms. The third-order valence-corrected chi connectivity index (χ3v) is 3.83. The Morgan fingerprint density at radius 3 is 1.71 bits per heavy atom. The number of nitrogens with zero attached hydrogens (tertiary/aromatic N) is 3. The molecule has 1 heterocycles. The van der Waals surface area contributed by atoms with Crippen molar-refractivity contribution in [1.82, 2.24) is 0 Å². The van der Waals surface area contributed by atoms with Crippen LogP contribution in [0.5, 0.6) is 0 Å². The average molecular weight is 313 g/mol. The van der Waals surface area contributed by atoms with E-state index in [1.54, 1.807) is 0 Å². The van der Waals surface area contributed by atoms with Crippen LogP contribution in [-0.2, 0) is 10.5 Å². The van der Waals surface area contributed by atoms with Crippen molar-refractivity contribution in [2.75, 3.05) is 0 Å². The smallest absolute Gasteiger partial charge is 0.338 e. The Bertz CT molecular complexity index is 835. The summed E-state index contributed by atoms with van der Waals surface area (Å²) in [7, 11) is 0. The molecular weight excluding hydrogens is 298 g/mol. The van der Waals surface area contributed by atoms with Crippen molar-refractivity contribution in [3.8, 4) is 0 Å². The number of hydrogen-bond acceptors (Lipinski definition) is 3. The lowest BCUT2D eigenvalue weighted by molar-refractivity contribution is 0.124. The highest BCUT2D eigenvalue weighted by atomic mass is 16.5. The lowest BCUT2D eigenvalue weighted by Gasteiger charge is -2.24. The van der Waals surface area contributed by atoms with E-state index in [0.29, 0.717) is 0 Å². The van der Waals surface area contributed by atoms with E-state index >= 15 is 0 Å². The van der Waals surface area contributed by atoms with Gasteiger partial charge in [-0.15, -0.1) is 5.11 Å². The van der Waals surface area contributed by atoms with Crippen LogP contribution in [0.1, 0.15) is 11.1 Å². The van der Waals surface area contributed by atoms with Gasteiger partial charge < -0.3 is 4.74 Å². The standard InChI is InChI=1S/C20H15N3O/c1-4-10-16(11-5-1)20(17-12-6-2-7-13-17)23-22-19(24-20)21-18-14-8-3-9-15-18/h1-15H. The van der Waals surface area contributed by atoms with Crippen molar-refractivity contribution in [3.05, 3.63) is 102 Å². The fourth-order valence-electron chi connectivity index (χ4n) is 2.67. The Kier molecular flexibility index (Phi) is 3.63. The normalized spacial score (nSPS) is 16.9. The van der Waals surface area contributed by atoms with E-state index in [1.807, 2.05) is 91.0 Å². The van der Waals surface area contributed by atoms with E-state index < -0.39 is 5.72 Å². The topological polar surface area (TPSA) is 46.3 Å². The Labute approximate surface area is 140 Å². The molecule has 0 fully saturated rings. The van der Waals surface area contributed by atoms with Gasteiger partial charge in [0.05, 0.1) is 5.69 Å². The summed E-state index contributed by atoms with van der Waals surface area (Å²) >= 11 is 0. The van der Waals surface area contributed by atoms with E-state index in [0.717, 1.165) is 16.8 Å². The fraction of sp³-hybridized carbons (Fsp3) is 0.0500. The number of rotatable bonds is 3. The molecule has 0 bridgehead atoms. The number of amidine groups is 1. The lowest BCUT2D eigenvalue weighted by Crippen LogP contribution is -2.26. The first-order valence-corrected chi connectivity index (χ1v) is 7.73. The van der Waals surface area contributed by atoms with E-state index in [2.05, 4.69) is 15.2 Å². The lowest BCUT2D eigenvalue weighted by atomic mass is 9.95. The Hall–Kier alpha value is -3.27. The van der Waals surface area contributed by atoms with Crippen LogP contribution in [-0.4, -0.2) is 6.02 Å². The molecular formula is C20H15N3O. The first-order valence-electron chi connectivity index (χ1n) is 7.73. The van der Waals surface area contributed by atoms with Gasteiger partial charge in [0, 0.05) is 11.1 Å². The van der Waals surface area contributed by atoms with Crippen LogP contribution in [0.4, 0.5) is 5.69 Å². The first kappa shape index (κ1) is 14.3. The molecule has 24 heavy (non-hydrogen) atoms. The summed E-state index contributed by atoms with van der Waals surface area (Å²) in [6, 6.07) is 29.6. The minimum Gasteiger partial charge on any atom is -0.423 e. The first-order chi connectivity index (χ1) is 11.9. The molecule has 1 aliphatic heterocycles. The minimum atomic E-state index is -0.990. The molecule has 3 aromatic rings. The van der Waals surface area contributed by atoms with Crippen LogP contribution < -0.4 is 0 Å². The van der Waals surface area contributed by atoms with Gasteiger partial charge in [-0.2, -0.15) is 4.99 Å². The van der Waals surface area contributed by atoms with E-state index in [1.165, 1.54) is 0 Å². The van der Waals surface area contributed by atoms with Crippen LogP contribution >= 0.6 is 0 Å². The van der Waals surface area contributed by atoms with E-state index in [-0.39, 0.29) is 6.02 Å². The Morgan fingerprint density at radius 2 is 1.17 bits per heavy atom. The van der Waals surface area contributed by atoms with Gasteiger partial charge in [0.25, 0.3) is 5.72 Å².